The molecule has 0 amide bonds. The third-order valence-corrected chi connectivity index (χ3v) is 5.29. The Kier molecular flexibility index (Phi) is 4.87. The third kappa shape index (κ3) is 2.85. The Hall–Kier alpha value is -0.0800. The molecule has 100 valence electrons. The summed E-state index contributed by atoms with van der Waals surface area (Å²) in [6.45, 7) is 6.86. The molecule has 2 N–H and O–H groups in total. The number of hydrogen-bond acceptors (Lipinski definition) is 2. The molecule has 2 aliphatic rings. The first-order valence-electron chi connectivity index (χ1n) is 7.75. The number of hydrogen-bond donors (Lipinski definition) is 1. The topological polar surface area (TPSA) is 29.3 Å². The summed E-state index contributed by atoms with van der Waals surface area (Å²) in [6, 6.07) is 1.53. The Morgan fingerprint density at radius 1 is 1.12 bits per heavy atom. The van der Waals surface area contributed by atoms with Gasteiger partial charge in [0, 0.05) is 18.6 Å². The molecule has 2 heteroatoms. The van der Waals surface area contributed by atoms with Crippen molar-refractivity contribution in [2.75, 3.05) is 13.1 Å². The quantitative estimate of drug-likeness (QED) is 0.816. The van der Waals surface area contributed by atoms with Gasteiger partial charge >= 0.3 is 0 Å². The van der Waals surface area contributed by atoms with E-state index in [-0.39, 0.29) is 0 Å². The van der Waals surface area contributed by atoms with Crippen LogP contribution < -0.4 is 5.73 Å². The minimum absolute atomic E-state index is 0.672. The monoisotopic (exact) mass is 238 g/mol. The second-order valence-corrected chi connectivity index (χ2v) is 6.09. The highest BCUT2D eigenvalue weighted by Crippen LogP contribution is 2.36. The van der Waals surface area contributed by atoms with Crippen molar-refractivity contribution in [3.63, 3.8) is 0 Å². The van der Waals surface area contributed by atoms with Crippen LogP contribution in [0.15, 0.2) is 0 Å². The molecule has 2 rings (SSSR count). The van der Waals surface area contributed by atoms with E-state index in [1.165, 1.54) is 51.5 Å². The minimum Gasteiger partial charge on any atom is -0.329 e. The number of nitrogens with two attached hydrogens (primary N) is 1. The number of piperidine rings is 1. The van der Waals surface area contributed by atoms with E-state index in [0.717, 1.165) is 24.4 Å². The highest BCUT2D eigenvalue weighted by atomic mass is 15.2. The third-order valence-electron chi connectivity index (χ3n) is 5.29. The molecule has 0 radical (unpaired) electrons. The summed E-state index contributed by atoms with van der Waals surface area (Å²) in [5, 5.41) is 0. The van der Waals surface area contributed by atoms with Gasteiger partial charge in [0.2, 0.25) is 0 Å². The predicted octanol–water partition coefficient (Wildman–Crippen LogP) is 3.01. The molecule has 4 unspecified atom stereocenters. The summed E-state index contributed by atoms with van der Waals surface area (Å²) in [4.78, 5) is 2.79. The molecule has 1 aliphatic heterocycles. The Bertz CT molecular complexity index is 229. The number of nitrogens with zero attached hydrogens (tertiary/aromatic N) is 1. The van der Waals surface area contributed by atoms with Gasteiger partial charge in [0.05, 0.1) is 0 Å². The molecule has 0 bridgehead atoms. The first kappa shape index (κ1) is 13.4. The molecule has 17 heavy (non-hydrogen) atoms. The van der Waals surface area contributed by atoms with Gasteiger partial charge in [-0.05, 0) is 44.1 Å². The predicted molar refractivity (Wildman–Crippen MR) is 74.0 cm³/mol. The van der Waals surface area contributed by atoms with Gasteiger partial charge in [-0.15, -0.1) is 0 Å². The van der Waals surface area contributed by atoms with Crippen LogP contribution in [0.25, 0.3) is 0 Å². The van der Waals surface area contributed by atoms with Gasteiger partial charge in [0.1, 0.15) is 0 Å². The van der Waals surface area contributed by atoms with Crippen molar-refractivity contribution in [3.05, 3.63) is 0 Å². The fourth-order valence-corrected chi connectivity index (χ4v) is 4.12. The average Bonchev–Trinajstić information content (AvgIpc) is 2.85. The fraction of sp³-hybridized carbons (Fsp3) is 1.00. The van der Waals surface area contributed by atoms with Crippen LogP contribution in [0.2, 0.25) is 0 Å². The van der Waals surface area contributed by atoms with Gasteiger partial charge in [-0.3, -0.25) is 4.90 Å². The molecular formula is C15H30N2. The lowest BCUT2D eigenvalue weighted by molar-refractivity contribution is 0.0520. The van der Waals surface area contributed by atoms with Crippen molar-refractivity contribution in [1.82, 2.24) is 4.90 Å². The second-order valence-electron chi connectivity index (χ2n) is 6.09. The van der Waals surface area contributed by atoms with Crippen LogP contribution in [-0.4, -0.2) is 30.1 Å². The van der Waals surface area contributed by atoms with E-state index >= 15 is 0 Å². The van der Waals surface area contributed by atoms with Gasteiger partial charge in [-0.2, -0.15) is 0 Å². The zero-order chi connectivity index (χ0) is 12.3. The van der Waals surface area contributed by atoms with Crippen LogP contribution in [0.3, 0.4) is 0 Å². The van der Waals surface area contributed by atoms with E-state index < -0.39 is 0 Å². The van der Waals surface area contributed by atoms with Crippen molar-refractivity contribution in [1.29, 1.82) is 0 Å². The lowest BCUT2D eigenvalue weighted by atomic mass is 9.86. The SMILES string of the molecule is CCC1CCN(C2CCCC2CC)C(CN)C1. The Morgan fingerprint density at radius 2 is 1.94 bits per heavy atom. The van der Waals surface area contributed by atoms with Crippen LogP contribution >= 0.6 is 0 Å². The Morgan fingerprint density at radius 3 is 2.59 bits per heavy atom. The normalized spacial score (nSPS) is 39.7. The number of likely N-dealkylation sites (tertiary alicyclic amines) is 1. The summed E-state index contributed by atoms with van der Waals surface area (Å²) in [6.07, 6.45) is 9.76. The maximum Gasteiger partial charge on any atom is 0.0224 e. The standard InChI is InChI=1S/C15H30N2/c1-3-12-8-9-17(14(10-12)11-16)15-7-5-6-13(15)4-2/h12-15H,3-11,16H2,1-2H3. The van der Waals surface area contributed by atoms with E-state index in [2.05, 4.69) is 18.7 Å². The van der Waals surface area contributed by atoms with Gasteiger partial charge in [-0.25, -0.2) is 0 Å². The molecule has 1 saturated heterocycles. The smallest absolute Gasteiger partial charge is 0.0224 e. The lowest BCUT2D eigenvalue weighted by Crippen LogP contribution is -2.52. The van der Waals surface area contributed by atoms with Gasteiger partial charge in [0.15, 0.2) is 0 Å². The molecule has 2 fully saturated rings. The van der Waals surface area contributed by atoms with Gasteiger partial charge in [-0.1, -0.05) is 33.1 Å². The van der Waals surface area contributed by atoms with Crippen LogP contribution in [0.4, 0.5) is 0 Å². The summed E-state index contributed by atoms with van der Waals surface area (Å²) >= 11 is 0. The molecule has 1 saturated carbocycles. The maximum absolute atomic E-state index is 6.02. The molecular weight excluding hydrogens is 208 g/mol. The van der Waals surface area contributed by atoms with Gasteiger partial charge < -0.3 is 5.73 Å². The molecule has 0 aromatic carbocycles. The van der Waals surface area contributed by atoms with Gasteiger partial charge in [0.25, 0.3) is 0 Å². The van der Waals surface area contributed by atoms with Crippen molar-refractivity contribution in [3.8, 4) is 0 Å². The van der Waals surface area contributed by atoms with Crippen LogP contribution in [0, 0.1) is 11.8 Å². The van der Waals surface area contributed by atoms with Crippen LogP contribution in [-0.2, 0) is 0 Å². The van der Waals surface area contributed by atoms with E-state index in [0.29, 0.717) is 6.04 Å². The lowest BCUT2D eigenvalue weighted by Gasteiger charge is -2.44. The molecule has 0 aromatic heterocycles. The molecule has 2 nitrogen and oxygen atoms in total. The summed E-state index contributed by atoms with van der Waals surface area (Å²) in [7, 11) is 0. The average molecular weight is 238 g/mol. The molecule has 0 spiro atoms. The molecule has 0 aromatic rings. The zero-order valence-corrected chi connectivity index (χ0v) is 11.7. The molecule has 1 heterocycles. The fourth-order valence-electron chi connectivity index (χ4n) is 4.12. The molecule has 1 aliphatic carbocycles. The van der Waals surface area contributed by atoms with E-state index in [9.17, 15) is 0 Å². The summed E-state index contributed by atoms with van der Waals surface area (Å²) < 4.78 is 0. The van der Waals surface area contributed by atoms with Crippen molar-refractivity contribution < 1.29 is 0 Å². The van der Waals surface area contributed by atoms with Crippen molar-refractivity contribution in [2.45, 2.75) is 70.9 Å². The minimum atomic E-state index is 0.672. The van der Waals surface area contributed by atoms with Crippen LogP contribution in [0.5, 0.6) is 0 Å². The largest absolute Gasteiger partial charge is 0.329 e. The summed E-state index contributed by atoms with van der Waals surface area (Å²) in [5.41, 5.74) is 6.02. The van der Waals surface area contributed by atoms with Crippen molar-refractivity contribution >= 4 is 0 Å². The zero-order valence-electron chi connectivity index (χ0n) is 11.7. The highest BCUT2D eigenvalue weighted by molar-refractivity contribution is 4.92. The van der Waals surface area contributed by atoms with Crippen molar-refractivity contribution in [2.24, 2.45) is 17.6 Å². The van der Waals surface area contributed by atoms with E-state index in [1.54, 1.807) is 0 Å². The second kappa shape index (κ2) is 6.19. The highest BCUT2D eigenvalue weighted by Gasteiger charge is 2.37. The molecule has 4 atom stereocenters. The first-order valence-corrected chi connectivity index (χ1v) is 7.75. The van der Waals surface area contributed by atoms with Crippen LogP contribution in [0.1, 0.15) is 58.8 Å². The van der Waals surface area contributed by atoms with E-state index in [1.807, 2.05) is 0 Å². The Balaban J connectivity index is 1.99. The summed E-state index contributed by atoms with van der Waals surface area (Å²) in [5.74, 6) is 1.88. The Labute approximate surface area is 107 Å². The van der Waals surface area contributed by atoms with E-state index in [4.69, 9.17) is 5.73 Å². The maximum atomic E-state index is 6.02. The first-order chi connectivity index (χ1) is 8.30. The number of rotatable bonds is 4.